The van der Waals surface area contributed by atoms with Crippen LogP contribution in [0.15, 0.2) is 18.2 Å². The molecule has 0 bridgehead atoms. The van der Waals surface area contributed by atoms with Crippen LogP contribution in [-0.2, 0) is 0 Å². The summed E-state index contributed by atoms with van der Waals surface area (Å²) in [5.41, 5.74) is 1.30. The molecule has 1 aromatic carbocycles. The van der Waals surface area contributed by atoms with Gasteiger partial charge in [-0.25, -0.2) is 0 Å². The van der Waals surface area contributed by atoms with Crippen LogP contribution in [0.3, 0.4) is 0 Å². The standard InChI is InChI=1S/C14H19O2/c1-15-13-10-6-9-12(14(13)16-2)11-7-4-3-5-8-11/h3,6,9-11H,4-5,7-8H2,1-2H3. The van der Waals surface area contributed by atoms with E-state index in [0.29, 0.717) is 5.92 Å². The average Bonchev–Trinajstić information content (AvgIpc) is 2.38. The van der Waals surface area contributed by atoms with Crippen LogP contribution in [0.1, 0.15) is 37.2 Å². The van der Waals surface area contributed by atoms with Crippen molar-refractivity contribution in [3.05, 3.63) is 30.2 Å². The Balaban J connectivity index is 2.30. The fraction of sp³-hybridized carbons (Fsp3) is 0.500. The minimum atomic E-state index is 0.620. The topological polar surface area (TPSA) is 18.5 Å². The van der Waals surface area contributed by atoms with Gasteiger partial charge in [0, 0.05) is 5.56 Å². The minimum absolute atomic E-state index is 0.620. The van der Waals surface area contributed by atoms with E-state index in [1.807, 2.05) is 6.07 Å². The molecule has 0 N–H and O–H groups in total. The van der Waals surface area contributed by atoms with Gasteiger partial charge in [0.15, 0.2) is 11.5 Å². The van der Waals surface area contributed by atoms with Gasteiger partial charge in [0.2, 0.25) is 0 Å². The van der Waals surface area contributed by atoms with Crippen molar-refractivity contribution < 1.29 is 9.47 Å². The third-order valence-electron chi connectivity index (χ3n) is 3.31. The van der Waals surface area contributed by atoms with Crippen molar-refractivity contribution in [1.82, 2.24) is 0 Å². The Labute approximate surface area is 97.6 Å². The van der Waals surface area contributed by atoms with Crippen molar-refractivity contribution in [1.29, 1.82) is 0 Å². The van der Waals surface area contributed by atoms with Crippen LogP contribution in [-0.4, -0.2) is 14.2 Å². The van der Waals surface area contributed by atoms with Crippen molar-refractivity contribution >= 4 is 0 Å². The van der Waals surface area contributed by atoms with Crippen molar-refractivity contribution in [3.8, 4) is 11.5 Å². The molecule has 87 valence electrons. The largest absolute Gasteiger partial charge is 0.493 e. The van der Waals surface area contributed by atoms with Gasteiger partial charge in [0.1, 0.15) is 0 Å². The number of hydrogen-bond acceptors (Lipinski definition) is 2. The summed E-state index contributed by atoms with van der Waals surface area (Å²) in [6, 6.07) is 6.17. The summed E-state index contributed by atoms with van der Waals surface area (Å²) in [5.74, 6) is 2.38. The van der Waals surface area contributed by atoms with Crippen LogP contribution < -0.4 is 9.47 Å². The highest BCUT2D eigenvalue weighted by Gasteiger charge is 2.20. The summed E-state index contributed by atoms with van der Waals surface area (Å²) in [4.78, 5) is 0. The molecule has 0 heterocycles. The number of hydrogen-bond donors (Lipinski definition) is 0. The molecule has 1 aromatic rings. The van der Waals surface area contributed by atoms with E-state index in [-0.39, 0.29) is 0 Å². The van der Waals surface area contributed by atoms with Crippen molar-refractivity contribution in [2.75, 3.05) is 14.2 Å². The van der Waals surface area contributed by atoms with E-state index >= 15 is 0 Å². The highest BCUT2D eigenvalue weighted by molar-refractivity contribution is 5.48. The molecule has 0 amide bonds. The molecule has 2 nitrogen and oxygen atoms in total. The van der Waals surface area contributed by atoms with Crippen LogP contribution in [0.25, 0.3) is 0 Å². The number of para-hydroxylation sites is 1. The molecule has 1 aliphatic carbocycles. The fourth-order valence-corrected chi connectivity index (χ4v) is 2.47. The normalized spacial score (nSPS) is 17.1. The van der Waals surface area contributed by atoms with Gasteiger partial charge >= 0.3 is 0 Å². The van der Waals surface area contributed by atoms with Gasteiger partial charge in [0.25, 0.3) is 0 Å². The molecule has 1 fully saturated rings. The lowest BCUT2D eigenvalue weighted by atomic mass is 9.83. The Bertz CT molecular complexity index is 341. The summed E-state index contributed by atoms with van der Waals surface area (Å²) in [6.45, 7) is 0. The summed E-state index contributed by atoms with van der Waals surface area (Å²) in [7, 11) is 3.41. The zero-order valence-corrected chi connectivity index (χ0v) is 10.0. The molecule has 16 heavy (non-hydrogen) atoms. The van der Waals surface area contributed by atoms with Gasteiger partial charge in [-0.05, 0) is 44.1 Å². The van der Waals surface area contributed by atoms with Crippen molar-refractivity contribution in [2.24, 2.45) is 0 Å². The van der Waals surface area contributed by atoms with Gasteiger partial charge in [-0.1, -0.05) is 12.1 Å². The molecule has 0 unspecified atom stereocenters. The molecule has 0 saturated heterocycles. The second-order valence-corrected chi connectivity index (χ2v) is 4.22. The predicted molar refractivity (Wildman–Crippen MR) is 65.1 cm³/mol. The van der Waals surface area contributed by atoms with Crippen LogP contribution in [0, 0.1) is 6.42 Å². The van der Waals surface area contributed by atoms with E-state index in [4.69, 9.17) is 9.47 Å². The third-order valence-corrected chi connectivity index (χ3v) is 3.31. The molecule has 0 atom stereocenters. The van der Waals surface area contributed by atoms with Gasteiger partial charge in [0.05, 0.1) is 14.2 Å². The second-order valence-electron chi connectivity index (χ2n) is 4.22. The van der Waals surface area contributed by atoms with E-state index in [9.17, 15) is 0 Å². The molecule has 2 rings (SSSR count). The summed E-state index contributed by atoms with van der Waals surface area (Å²) >= 11 is 0. The fourth-order valence-electron chi connectivity index (χ4n) is 2.47. The predicted octanol–water partition coefficient (Wildman–Crippen LogP) is 3.57. The van der Waals surface area contributed by atoms with E-state index in [1.165, 1.54) is 31.2 Å². The summed E-state index contributed by atoms with van der Waals surface area (Å²) in [5, 5.41) is 0. The molecular weight excluding hydrogens is 200 g/mol. The first-order valence-electron chi connectivity index (χ1n) is 5.89. The first-order chi connectivity index (χ1) is 7.86. The van der Waals surface area contributed by atoms with Gasteiger partial charge in [-0.2, -0.15) is 0 Å². The average molecular weight is 219 g/mol. The SMILES string of the molecule is COc1cccc(C2CC[CH]CC2)c1OC. The maximum absolute atomic E-state index is 5.49. The molecule has 1 saturated carbocycles. The molecule has 0 aromatic heterocycles. The maximum Gasteiger partial charge on any atom is 0.164 e. The highest BCUT2D eigenvalue weighted by Crippen LogP contribution is 2.41. The molecule has 1 radical (unpaired) electrons. The second kappa shape index (κ2) is 5.24. The Morgan fingerprint density at radius 2 is 1.81 bits per heavy atom. The lowest BCUT2D eigenvalue weighted by molar-refractivity contribution is 0.346. The first kappa shape index (κ1) is 11.3. The number of benzene rings is 1. The molecule has 0 spiro atoms. The smallest absolute Gasteiger partial charge is 0.164 e. The van der Waals surface area contributed by atoms with E-state index in [0.717, 1.165) is 11.5 Å². The Kier molecular flexibility index (Phi) is 3.70. The van der Waals surface area contributed by atoms with Crippen LogP contribution in [0.2, 0.25) is 0 Å². The highest BCUT2D eigenvalue weighted by atomic mass is 16.5. The lowest BCUT2D eigenvalue weighted by Crippen LogP contribution is -2.07. The van der Waals surface area contributed by atoms with E-state index < -0.39 is 0 Å². The molecule has 0 aliphatic heterocycles. The van der Waals surface area contributed by atoms with Crippen LogP contribution in [0.4, 0.5) is 0 Å². The molecule has 2 heteroatoms. The van der Waals surface area contributed by atoms with Crippen molar-refractivity contribution in [2.45, 2.75) is 31.6 Å². The van der Waals surface area contributed by atoms with E-state index in [2.05, 4.69) is 18.6 Å². The summed E-state index contributed by atoms with van der Waals surface area (Å²) < 4.78 is 10.8. The zero-order valence-electron chi connectivity index (χ0n) is 10.0. The number of methoxy groups -OCH3 is 2. The third kappa shape index (κ3) is 2.16. The Hall–Kier alpha value is -1.18. The van der Waals surface area contributed by atoms with Gasteiger partial charge in [-0.3, -0.25) is 0 Å². The quantitative estimate of drug-likeness (QED) is 0.773. The Morgan fingerprint density at radius 1 is 1.06 bits per heavy atom. The molecular formula is C14H19O2. The number of rotatable bonds is 3. The van der Waals surface area contributed by atoms with Crippen LogP contribution in [0.5, 0.6) is 11.5 Å². The number of ether oxygens (including phenoxy) is 2. The van der Waals surface area contributed by atoms with E-state index in [1.54, 1.807) is 14.2 Å². The zero-order chi connectivity index (χ0) is 11.4. The minimum Gasteiger partial charge on any atom is -0.493 e. The lowest BCUT2D eigenvalue weighted by Gasteiger charge is -2.24. The van der Waals surface area contributed by atoms with Crippen molar-refractivity contribution in [3.63, 3.8) is 0 Å². The van der Waals surface area contributed by atoms with Crippen LogP contribution >= 0.6 is 0 Å². The molecule has 1 aliphatic rings. The monoisotopic (exact) mass is 219 g/mol. The Morgan fingerprint density at radius 3 is 2.44 bits per heavy atom. The van der Waals surface area contributed by atoms with Gasteiger partial charge in [-0.15, -0.1) is 0 Å². The first-order valence-corrected chi connectivity index (χ1v) is 5.89. The van der Waals surface area contributed by atoms with Gasteiger partial charge < -0.3 is 9.47 Å². The summed E-state index contributed by atoms with van der Waals surface area (Å²) in [6.07, 6.45) is 7.26. The maximum atomic E-state index is 5.49.